The average Bonchev–Trinajstić information content (AvgIpc) is 2.69. The maximum absolute atomic E-state index is 12.6. The van der Waals surface area contributed by atoms with E-state index in [1.54, 1.807) is 10.5 Å². The third kappa shape index (κ3) is 6.73. The summed E-state index contributed by atoms with van der Waals surface area (Å²) in [5, 5.41) is 3.21. The Morgan fingerprint density at radius 2 is 1.89 bits per heavy atom. The maximum Gasteiger partial charge on any atom is 0.216 e. The van der Waals surface area contributed by atoms with Crippen molar-refractivity contribution < 1.29 is 8.42 Å². The van der Waals surface area contributed by atoms with Crippen LogP contribution in [0.1, 0.15) is 32.1 Å². The van der Waals surface area contributed by atoms with Crippen molar-refractivity contribution in [1.29, 1.82) is 0 Å². The third-order valence-electron chi connectivity index (χ3n) is 5.19. The van der Waals surface area contributed by atoms with Crippen LogP contribution in [0.15, 0.2) is 29.4 Å². The van der Waals surface area contributed by atoms with Crippen LogP contribution in [-0.2, 0) is 10.0 Å². The van der Waals surface area contributed by atoms with Gasteiger partial charge < -0.3 is 16.0 Å². The molecule has 2 heterocycles. The van der Waals surface area contributed by atoms with Gasteiger partial charge in [-0.3, -0.25) is 4.99 Å². The Hall–Kier alpha value is -1.14. The largest absolute Gasteiger partial charge is 0.370 e. The topological polar surface area (TPSA) is 104 Å². The molecule has 2 aliphatic rings. The number of nitrogens with two attached hydrogens (primary N) is 1. The second-order valence-electron chi connectivity index (χ2n) is 7.14. The van der Waals surface area contributed by atoms with Crippen molar-refractivity contribution in [3.8, 4) is 0 Å². The maximum atomic E-state index is 12.6. The highest BCUT2D eigenvalue weighted by molar-refractivity contribution is 14.0. The molecule has 0 aromatic carbocycles. The molecule has 0 radical (unpaired) electrons. The van der Waals surface area contributed by atoms with Crippen LogP contribution >= 0.6 is 24.0 Å². The standard InChI is InChI=1S/C18H30N6O2S.HI/c19-18(22-16-6-2-1-3-7-16)21-10-15-27(25,26)24-13-11-23(12-14-24)17-8-4-5-9-20-17;/h4-5,8-9,16H,1-3,6-7,10-15H2,(H3,19,21,22);1H. The monoisotopic (exact) mass is 522 g/mol. The van der Waals surface area contributed by atoms with E-state index >= 15 is 0 Å². The van der Waals surface area contributed by atoms with Gasteiger partial charge in [0.2, 0.25) is 10.0 Å². The van der Waals surface area contributed by atoms with Crippen LogP contribution in [0.5, 0.6) is 0 Å². The molecule has 3 rings (SSSR count). The SMILES string of the molecule is I.NC(=NCCS(=O)(=O)N1CCN(c2ccccn2)CC1)NC1CCCCC1. The highest BCUT2D eigenvalue weighted by Gasteiger charge is 2.27. The molecule has 0 amide bonds. The number of anilines is 1. The molecule has 1 aliphatic carbocycles. The number of hydrogen-bond donors (Lipinski definition) is 2. The fourth-order valence-electron chi connectivity index (χ4n) is 3.65. The van der Waals surface area contributed by atoms with E-state index in [0.29, 0.717) is 38.2 Å². The number of hydrogen-bond acceptors (Lipinski definition) is 5. The third-order valence-corrected chi connectivity index (χ3v) is 7.04. The fraction of sp³-hybridized carbons (Fsp3) is 0.667. The summed E-state index contributed by atoms with van der Waals surface area (Å²) in [5.74, 6) is 1.24. The molecule has 1 saturated heterocycles. The normalized spacial score (nSPS) is 19.9. The number of pyridine rings is 1. The van der Waals surface area contributed by atoms with Gasteiger partial charge in [0.1, 0.15) is 5.82 Å². The van der Waals surface area contributed by atoms with E-state index in [1.807, 2.05) is 18.2 Å². The second kappa shape index (κ2) is 11.1. The fourth-order valence-corrected chi connectivity index (χ4v) is 4.95. The minimum atomic E-state index is -3.32. The predicted molar refractivity (Wildman–Crippen MR) is 124 cm³/mol. The van der Waals surface area contributed by atoms with Gasteiger partial charge in [-0.2, -0.15) is 4.31 Å². The number of aliphatic imine (C=N–C) groups is 1. The first kappa shape index (κ1) is 23.1. The van der Waals surface area contributed by atoms with Crippen molar-refractivity contribution in [2.24, 2.45) is 10.7 Å². The van der Waals surface area contributed by atoms with Gasteiger partial charge in [0.25, 0.3) is 0 Å². The van der Waals surface area contributed by atoms with Crippen LogP contribution in [0, 0.1) is 0 Å². The molecule has 1 aromatic rings. The summed E-state index contributed by atoms with van der Waals surface area (Å²) >= 11 is 0. The van der Waals surface area contributed by atoms with E-state index < -0.39 is 10.0 Å². The molecule has 1 aliphatic heterocycles. The van der Waals surface area contributed by atoms with Gasteiger partial charge in [-0.15, -0.1) is 24.0 Å². The molecule has 2 fully saturated rings. The van der Waals surface area contributed by atoms with Gasteiger partial charge in [0.15, 0.2) is 5.96 Å². The lowest BCUT2D eigenvalue weighted by atomic mass is 9.96. The zero-order valence-corrected chi connectivity index (χ0v) is 19.3. The van der Waals surface area contributed by atoms with Gasteiger partial charge in [-0.25, -0.2) is 13.4 Å². The molecule has 0 bridgehead atoms. The number of halogens is 1. The Morgan fingerprint density at radius 1 is 1.18 bits per heavy atom. The molecule has 1 aromatic heterocycles. The first-order valence-electron chi connectivity index (χ1n) is 9.75. The molecule has 158 valence electrons. The van der Waals surface area contributed by atoms with Crippen LogP contribution in [-0.4, -0.2) is 68.2 Å². The molecule has 0 unspecified atom stereocenters. The van der Waals surface area contributed by atoms with Crippen LogP contribution in [0.25, 0.3) is 0 Å². The van der Waals surface area contributed by atoms with Crippen molar-refractivity contribution >= 4 is 45.8 Å². The van der Waals surface area contributed by atoms with E-state index in [4.69, 9.17) is 5.73 Å². The summed E-state index contributed by atoms with van der Waals surface area (Å²) in [6, 6.07) is 6.13. The zero-order valence-electron chi connectivity index (χ0n) is 16.2. The van der Waals surface area contributed by atoms with E-state index in [2.05, 4.69) is 20.2 Å². The number of piperazine rings is 1. The quantitative estimate of drug-likeness (QED) is 0.333. The Bertz CT molecular complexity index is 717. The molecule has 0 spiro atoms. The number of aromatic nitrogens is 1. The summed E-state index contributed by atoms with van der Waals surface area (Å²) in [6.45, 7) is 2.42. The minimum absolute atomic E-state index is 0. The first-order valence-corrected chi connectivity index (χ1v) is 11.4. The number of rotatable bonds is 6. The smallest absolute Gasteiger partial charge is 0.216 e. The van der Waals surface area contributed by atoms with Gasteiger partial charge in [0.05, 0.1) is 12.3 Å². The molecular weight excluding hydrogens is 491 g/mol. The number of sulfonamides is 1. The number of nitrogens with one attached hydrogen (secondary N) is 1. The number of guanidine groups is 1. The summed E-state index contributed by atoms with van der Waals surface area (Å²) in [4.78, 5) is 10.7. The molecule has 28 heavy (non-hydrogen) atoms. The van der Waals surface area contributed by atoms with Crippen molar-refractivity contribution in [3.05, 3.63) is 24.4 Å². The van der Waals surface area contributed by atoms with Gasteiger partial charge in [0, 0.05) is 38.4 Å². The van der Waals surface area contributed by atoms with Gasteiger partial charge in [-0.1, -0.05) is 25.3 Å². The molecule has 8 nitrogen and oxygen atoms in total. The Labute approximate surface area is 185 Å². The lowest BCUT2D eigenvalue weighted by Crippen LogP contribution is -2.49. The average molecular weight is 522 g/mol. The first-order chi connectivity index (χ1) is 13.0. The Kier molecular flexibility index (Phi) is 9.22. The molecule has 0 atom stereocenters. The molecule has 1 saturated carbocycles. The van der Waals surface area contributed by atoms with Gasteiger partial charge in [-0.05, 0) is 25.0 Å². The summed E-state index contributed by atoms with van der Waals surface area (Å²) in [6.07, 6.45) is 7.67. The van der Waals surface area contributed by atoms with E-state index in [9.17, 15) is 8.42 Å². The molecule has 3 N–H and O–H groups in total. The zero-order chi connectivity index (χ0) is 19.1. The Morgan fingerprint density at radius 3 is 2.54 bits per heavy atom. The van der Waals surface area contributed by atoms with Crippen LogP contribution < -0.4 is 16.0 Å². The number of nitrogens with zero attached hydrogens (tertiary/aromatic N) is 4. The summed E-state index contributed by atoms with van der Waals surface area (Å²) in [5.41, 5.74) is 5.91. The lowest BCUT2D eigenvalue weighted by molar-refractivity contribution is 0.384. The van der Waals surface area contributed by atoms with Crippen LogP contribution in [0.2, 0.25) is 0 Å². The van der Waals surface area contributed by atoms with E-state index in [-0.39, 0.29) is 36.3 Å². The summed E-state index contributed by atoms with van der Waals surface area (Å²) in [7, 11) is -3.32. The highest BCUT2D eigenvalue weighted by Crippen LogP contribution is 2.17. The van der Waals surface area contributed by atoms with E-state index in [0.717, 1.165) is 18.7 Å². The minimum Gasteiger partial charge on any atom is -0.370 e. The molecular formula is C18H31IN6O2S. The lowest BCUT2D eigenvalue weighted by Gasteiger charge is -2.34. The van der Waals surface area contributed by atoms with Crippen molar-refractivity contribution in [2.75, 3.05) is 43.4 Å². The Balaban J connectivity index is 0.00000280. The second-order valence-corrected chi connectivity index (χ2v) is 9.22. The molecule has 10 heteroatoms. The summed E-state index contributed by atoms with van der Waals surface area (Å²) < 4.78 is 26.7. The van der Waals surface area contributed by atoms with Crippen molar-refractivity contribution in [1.82, 2.24) is 14.6 Å². The highest BCUT2D eigenvalue weighted by atomic mass is 127. The van der Waals surface area contributed by atoms with Crippen molar-refractivity contribution in [3.63, 3.8) is 0 Å². The predicted octanol–water partition coefficient (Wildman–Crippen LogP) is 1.39. The van der Waals surface area contributed by atoms with Crippen LogP contribution in [0.3, 0.4) is 0 Å². The van der Waals surface area contributed by atoms with Crippen LogP contribution in [0.4, 0.5) is 5.82 Å². The van der Waals surface area contributed by atoms with Crippen molar-refractivity contribution in [2.45, 2.75) is 38.1 Å². The van der Waals surface area contributed by atoms with E-state index in [1.165, 1.54) is 19.3 Å². The van der Waals surface area contributed by atoms with Gasteiger partial charge >= 0.3 is 0 Å².